The van der Waals surface area contributed by atoms with Crippen LogP contribution in [0, 0.1) is 12.8 Å². The van der Waals surface area contributed by atoms with Crippen LogP contribution in [0.4, 0.5) is 0 Å². The fraction of sp³-hybridized carbons (Fsp3) is 0.480. The smallest absolute Gasteiger partial charge is 0.226 e. The highest BCUT2D eigenvalue weighted by Gasteiger charge is 2.30. The van der Waals surface area contributed by atoms with Gasteiger partial charge in [0.05, 0.1) is 19.6 Å². The van der Waals surface area contributed by atoms with Crippen LogP contribution in [0.15, 0.2) is 30.3 Å². The van der Waals surface area contributed by atoms with E-state index >= 15 is 0 Å². The lowest BCUT2D eigenvalue weighted by molar-refractivity contribution is -0.131. The topological polar surface area (TPSA) is 38.8 Å². The van der Waals surface area contributed by atoms with Crippen molar-refractivity contribution >= 4 is 5.91 Å². The van der Waals surface area contributed by atoms with Crippen molar-refractivity contribution in [1.29, 1.82) is 0 Å². The van der Waals surface area contributed by atoms with Gasteiger partial charge in [-0.3, -0.25) is 4.79 Å². The molecule has 0 radical (unpaired) electrons. The van der Waals surface area contributed by atoms with Gasteiger partial charge in [-0.15, -0.1) is 0 Å². The monoisotopic (exact) mass is 391 g/mol. The molecule has 2 aromatic rings. The van der Waals surface area contributed by atoms with Crippen LogP contribution in [0.5, 0.6) is 11.5 Å². The summed E-state index contributed by atoms with van der Waals surface area (Å²) in [5, 5.41) is 0. The summed E-state index contributed by atoms with van der Waals surface area (Å²) in [6.45, 7) is 5.38. The molecule has 3 heterocycles. The molecule has 29 heavy (non-hydrogen) atoms. The van der Waals surface area contributed by atoms with Gasteiger partial charge in [0, 0.05) is 42.6 Å². The Bertz CT molecular complexity index is 878. The van der Waals surface area contributed by atoms with Crippen molar-refractivity contribution in [1.82, 2.24) is 4.90 Å². The van der Waals surface area contributed by atoms with Crippen molar-refractivity contribution in [2.45, 2.75) is 45.4 Å². The highest BCUT2D eigenvalue weighted by Crippen LogP contribution is 2.42. The standard InChI is InChI=1S/C25H29NO3/c1-17-2-4-18(5-3-17)15-24(27)26-10-6-19(7-11-26)14-22-21-9-13-28-23(21)16-20-8-12-29-25(20)22/h2-5,16,19H,6-15H2,1H3. The molecule has 0 atom stereocenters. The number of benzene rings is 2. The molecule has 4 heteroatoms. The van der Waals surface area contributed by atoms with E-state index in [1.54, 1.807) is 0 Å². The number of fused-ring (bicyclic) bond motifs is 2. The number of carbonyl (C=O) groups excluding carboxylic acids is 1. The Morgan fingerprint density at radius 1 is 1.07 bits per heavy atom. The number of hydrogen-bond donors (Lipinski definition) is 0. The van der Waals surface area contributed by atoms with Gasteiger partial charge in [-0.1, -0.05) is 29.8 Å². The minimum Gasteiger partial charge on any atom is -0.493 e. The molecule has 1 amide bonds. The summed E-state index contributed by atoms with van der Waals surface area (Å²) in [5.74, 6) is 3.08. The molecule has 1 fully saturated rings. The molecule has 0 unspecified atom stereocenters. The molecule has 4 nitrogen and oxygen atoms in total. The second-order valence-corrected chi connectivity index (χ2v) is 8.71. The number of aryl methyl sites for hydroxylation is 1. The number of rotatable bonds is 4. The number of piperidine rings is 1. The second kappa shape index (κ2) is 7.74. The molecule has 0 saturated carbocycles. The normalized spacial score (nSPS) is 18.2. The number of amides is 1. The van der Waals surface area contributed by atoms with Gasteiger partial charge in [0.25, 0.3) is 0 Å². The van der Waals surface area contributed by atoms with Crippen molar-refractivity contribution in [3.05, 3.63) is 58.1 Å². The third-order valence-corrected chi connectivity index (χ3v) is 6.70. The van der Waals surface area contributed by atoms with Gasteiger partial charge in [-0.2, -0.15) is 0 Å². The number of nitrogens with zero attached hydrogens (tertiary/aromatic N) is 1. The van der Waals surface area contributed by atoms with Gasteiger partial charge in [0.1, 0.15) is 11.5 Å². The van der Waals surface area contributed by atoms with E-state index in [1.807, 2.05) is 0 Å². The minimum atomic E-state index is 0.255. The highest BCUT2D eigenvalue weighted by molar-refractivity contribution is 5.78. The van der Waals surface area contributed by atoms with E-state index in [2.05, 4.69) is 42.2 Å². The molecule has 0 aliphatic carbocycles. The number of ether oxygens (including phenoxy) is 2. The minimum absolute atomic E-state index is 0.255. The molecule has 5 rings (SSSR count). The lowest BCUT2D eigenvalue weighted by Gasteiger charge is -2.32. The van der Waals surface area contributed by atoms with Crippen LogP contribution in [-0.2, 0) is 30.5 Å². The van der Waals surface area contributed by atoms with Crippen LogP contribution >= 0.6 is 0 Å². The maximum absolute atomic E-state index is 12.7. The Hall–Kier alpha value is -2.49. The molecule has 3 aliphatic rings. The van der Waals surface area contributed by atoms with E-state index in [-0.39, 0.29) is 5.91 Å². The van der Waals surface area contributed by atoms with Crippen LogP contribution in [0.25, 0.3) is 0 Å². The fourth-order valence-corrected chi connectivity index (χ4v) is 4.97. The van der Waals surface area contributed by atoms with Crippen molar-refractivity contribution in [3.63, 3.8) is 0 Å². The molecule has 0 aromatic heterocycles. The quantitative estimate of drug-likeness (QED) is 0.794. The van der Waals surface area contributed by atoms with Crippen LogP contribution in [-0.4, -0.2) is 37.1 Å². The van der Waals surface area contributed by atoms with Crippen molar-refractivity contribution in [2.75, 3.05) is 26.3 Å². The Labute approximate surface area is 172 Å². The van der Waals surface area contributed by atoms with Gasteiger partial charge >= 0.3 is 0 Å². The summed E-state index contributed by atoms with van der Waals surface area (Å²) in [4.78, 5) is 14.8. The summed E-state index contributed by atoms with van der Waals surface area (Å²) >= 11 is 0. The molecule has 0 spiro atoms. The van der Waals surface area contributed by atoms with Crippen LogP contribution in [0.2, 0.25) is 0 Å². The maximum atomic E-state index is 12.7. The molecular weight excluding hydrogens is 362 g/mol. The lowest BCUT2D eigenvalue weighted by atomic mass is 9.86. The van der Waals surface area contributed by atoms with Gasteiger partial charge < -0.3 is 14.4 Å². The van der Waals surface area contributed by atoms with E-state index in [1.165, 1.54) is 22.3 Å². The summed E-state index contributed by atoms with van der Waals surface area (Å²) in [6.07, 6.45) is 5.68. The summed E-state index contributed by atoms with van der Waals surface area (Å²) in [5.41, 5.74) is 6.40. The summed E-state index contributed by atoms with van der Waals surface area (Å²) in [7, 11) is 0. The first-order valence-electron chi connectivity index (χ1n) is 10.9. The molecule has 0 bridgehead atoms. The first-order chi connectivity index (χ1) is 14.2. The number of hydrogen-bond acceptors (Lipinski definition) is 3. The van der Waals surface area contributed by atoms with E-state index in [9.17, 15) is 4.79 Å². The molecule has 1 saturated heterocycles. The lowest BCUT2D eigenvalue weighted by Crippen LogP contribution is -2.39. The highest BCUT2D eigenvalue weighted by atomic mass is 16.5. The van der Waals surface area contributed by atoms with Crippen LogP contribution < -0.4 is 9.47 Å². The zero-order valence-corrected chi connectivity index (χ0v) is 17.2. The van der Waals surface area contributed by atoms with Gasteiger partial charge in [-0.05, 0) is 43.7 Å². The molecule has 152 valence electrons. The van der Waals surface area contributed by atoms with Crippen LogP contribution in [0.3, 0.4) is 0 Å². The van der Waals surface area contributed by atoms with Gasteiger partial charge in [0.15, 0.2) is 0 Å². The van der Waals surface area contributed by atoms with E-state index < -0.39 is 0 Å². The van der Waals surface area contributed by atoms with E-state index in [0.717, 1.165) is 75.5 Å². The average molecular weight is 392 g/mol. The average Bonchev–Trinajstić information content (AvgIpc) is 3.39. The van der Waals surface area contributed by atoms with E-state index in [4.69, 9.17) is 9.47 Å². The fourth-order valence-electron chi connectivity index (χ4n) is 4.97. The Kier molecular flexibility index (Phi) is 4.94. The third kappa shape index (κ3) is 3.73. The van der Waals surface area contributed by atoms with Crippen LogP contribution in [0.1, 0.15) is 40.7 Å². The SMILES string of the molecule is Cc1ccc(CC(=O)N2CCC(Cc3c4c(cc5c3OCC5)OCC4)CC2)cc1. The van der Waals surface area contributed by atoms with Gasteiger partial charge in [0.2, 0.25) is 5.91 Å². The molecule has 2 aromatic carbocycles. The third-order valence-electron chi connectivity index (χ3n) is 6.70. The zero-order valence-electron chi connectivity index (χ0n) is 17.2. The Morgan fingerprint density at radius 2 is 1.83 bits per heavy atom. The Balaban J connectivity index is 1.22. The van der Waals surface area contributed by atoms with Crippen molar-refractivity contribution < 1.29 is 14.3 Å². The van der Waals surface area contributed by atoms with Crippen molar-refractivity contribution in [2.24, 2.45) is 5.92 Å². The van der Waals surface area contributed by atoms with E-state index in [0.29, 0.717) is 12.3 Å². The summed E-state index contributed by atoms with van der Waals surface area (Å²) in [6, 6.07) is 10.5. The predicted molar refractivity (Wildman–Crippen MR) is 113 cm³/mol. The predicted octanol–water partition coefficient (Wildman–Crippen LogP) is 3.89. The Morgan fingerprint density at radius 3 is 2.62 bits per heavy atom. The second-order valence-electron chi connectivity index (χ2n) is 8.71. The first kappa shape index (κ1) is 18.5. The number of likely N-dealkylation sites (tertiary alicyclic amines) is 1. The summed E-state index contributed by atoms with van der Waals surface area (Å²) < 4.78 is 11.9. The molecule has 0 N–H and O–H groups in total. The van der Waals surface area contributed by atoms with Gasteiger partial charge in [-0.25, -0.2) is 0 Å². The molecular formula is C25H29NO3. The maximum Gasteiger partial charge on any atom is 0.226 e. The largest absolute Gasteiger partial charge is 0.493 e. The number of carbonyl (C=O) groups is 1. The zero-order chi connectivity index (χ0) is 19.8. The molecule has 3 aliphatic heterocycles. The first-order valence-corrected chi connectivity index (χ1v) is 10.9. The van der Waals surface area contributed by atoms with Crippen molar-refractivity contribution in [3.8, 4) is 11.5 Å².